The van der Waals surface area contributed by atoms with Crippen LogP contribution in [0.4, 0.5) is 0 Å². The van der Waals surface area contributed by atoms with E-state index in [1.807, 2.05) is 0 Å². The minimum absolute atomic E-state index is 1.01. The van der Waals surface area contributed by atoms with Gasteiger partial charge in [-0.2, -0.15) is 0 Å². The predicted molar refractivity (Wildman–Crippen MR) is 42.4 cm³/mol. The smallest absolute Gasteiger partial charge is 0.106 e. The summed E-state index contributed by atoms with van der Waals surface area (Å²) in [4.78, 5) is 0. The Morgan fingerprint density at radius 2 is 2.50 bits per heavy atom. The minimum atomic E-state index is 1.01. The van der Waals surface area contributed by atoms with Crippen LogP contribution in [0.15, 0.2) is 36.3 Å². The molecule has 0 aromatic heterocycles. The van der Waals surface area contributed by atoms with Crippen LogP contribution in [-0.4, -0.2) is 0 Å². The average Bonchev–Trinajstić information content (AvgIpc) is 1.94. The summed E-state index contributed by atoms with van der Waals surface area (Å²) >= 11 is 0. The van der Waals surface area contributed by atoms with Gasteiger partial charge in [-0.15, -0.1) is 0 Å². The summed E-state index contributed by atoms with van der Waals surface area (Å²) < 4.78 is 5.19. The number of allylic oxidation sites excluding steroid dienone is 4. The minimum Gasteiger partial charge on any atom is -0.470 e. The van der Waals surface area contributed by atoms with Crippen molar-refractivity contribution in [2.45, 2.75) is 19.8 Å². The molecule has 1 rings (SSSR count). The molecule has 0 aromatic rings. The monoisotopic (exact) mass is 136 g/mol. The highest BCUT2D eigenvalue weighted by atomic mass is 16.5. The number of hydrogen-bond donors (Lipinski definition) is 0. The molecule has 10 heavy (non-hydrogen) atoms. The Morgan fingerprint density at radius 3 is 3.10 bits per heavy atom. The Bertz CT molecular complexity index is 187. The van der Waals surface area contributed by atoms with Crippen molar-refractivity contribution in [3.63, 3.8) is 0 Å². The fraction of sp³-hybridized carbons (Fsp3) is 0.333. The lowest BCUT2D eigenvalue weighted by Crippen LogP contribution is -1.93. The zero-order chi connectivity index (χ0) is 7.40. The maximum absolute atomic E-state index is 5.19. The number of ether oxygens (including phenoxy) is 1. The van der Waals surface area contributed by atoms with Crippen LogP contribution in [0, 0.1) is 0 Å². The van der Waals surface area contributed by atoms with Gasteiger partial charge in [0.2, 0.25) is 0 Å². The number of rotatable bonds is 2. The molecule has 0 atom stereocenters. The third-order valence-corrected chi connectivity index (χ3v) is 1.57. The Morgan fingerprint density at radius 1 is 1.70 bits per heavy atom. The van der Waals surface area contributed by atoms with Crippen LogP contribution in [0.2, 0.25) is 0 Å². The molecule has 1 aliphatic rings. The molecule has 0 unspecified atom stereocenters. The first-order chi connectivity index (χ1) is 4.84. The largest absolute Gasteiger partial charge is 0.470 e. The van der Waals surface area contributed by atoms with Crippen molar-refractivity contribution in [3.05, 3.63) is 36.3 Å². The third kappa shape index (κ3) is 1.50. The van der Waals surface area contributed by atoms with Crippen molar-refractivity contribution in [3.8, 4) is 0 Å². The quantitative estimate of drug-likeness (QED) is 0.530. The third-order valence-electron chi connectivity index (χ3n) is 1.57. The van der Waals surface area contributed by atoms with E-state index in [0.29, 0.717) is 0 Å². The standard InChI is InChI=1S/C9H12O/c1-3-10-9-7-5-4-6-8(9)2/h3-4,6H,1,5,7H2,2H3. The van der Waals surface area contributed by atoms with Crippen LogP contribution >= 0.6 is 0 Å². The average molecular weight is 136 g/mol. The van der Waals surface area contributed by atoms with Gasteiger partial charge in [-0.05, 0) is 18.9 Å². The Hall–Kier alpha value is -0.980. The Kier molecular flexibility index (Phi) is 2.32. The normalized spacial score (nSPS) is 17.3. The van der Waals surface area contributed by atoms with E-state index >= 15 is 0 Å². The first-order valence-corrected chi connectivity index (χ1v) is 3.48. The molecule has 0 amide bonds. The van der Waals surface area contributed by atoms with Crippen LogP contribution in [0.3, 0.4) is 0 Å². The fourth-order valence-corrected chi connectivity index (χ4v) is 1.02. The van der Waals surface area contributed by atoms with Gasteiger partial charge < -0.3 is 4.74 Å². The highest BCUT2D eigenvalue weighted by Gasteiger charge is 2.03. The lowest BCUT2D eigenvalue weighted by molar-refractivity contribution is 0.329. The van der Waals surface area contributed by atoms with Crippen molar-refractivity contribution in [1.82, 2.24) is 0 Å². The molecule has 0 heterocycles. The maximum Gasteiger partial charge on any atom is 0.106 e. The molecule has 54 valence electrons. The van der Waals surface area contributed by atoms with Crippen LogP contribution < -0.4 is 0 Å². The summed E-state index contributed by atoms with van der Waals surface area (Å²) in [5, 5.41) is 0. The molecule has 0 saturated carbocycles. The molecule has 1 nitrogen and oxygen atoms in total. The lowest BCUT2D eigenvalue weighted by Gasteiger charge is -2.10. The van der Waals surface area contributed by atoms with Crippen LogP contribution in [0.25, 0.3) is 0 Å². The first-order valence-electron chi connectivity index (χ1n) is 3.48. The van der Waals surface area contributed by atoms with Crippen molar-refractivity contribution in [1.29, 1.82) is 0 Å². The van der Waals surface area contributed by atoms with Gasteiger partial charge in [0.25, 0.3) is 0 Å². The van der Waals surface area contributed by atoms with Crippen molar-refractivity contribution >= 4 is 0 Å². The second-order valence-electron chi connectivity index (χ2n) is 2.33. The van der Waals surface area contributed by atoms with E-state index in [2.05, 4.69) is 25.7 Å². The van der Waals surface area contributed by atoms with Crippen LogP contribution in [0.1, 0.15) is 19.8 Å². The molecule has 0 saturated heterocycles. The number of hydrogen-bond acceptors (Lipinski definition) is 1. The zero-order valence-electron chi connectivity index (χ0n) is 6.26. The maximum atomic E-state index is 5.19. The van der Waals surface area contributed by atoms with E-state index in [-0.39, 0.29) is 0 Å². The van der Waals surface area contributed by atoms with Crippen molar-refractivity contribution in [2.24, 2.45) is 0 Å². The van der Waals surface area contributed by atoms with E-state index in [9.17, 15) is 0 Å². The Balaban J connectivity index is 2.68. The van der Waals surface area contributed by atoms with E-state index < -0.39 is 0 Å². The molecule has 0 radical (unpaired) electrons. The molecule has 1 heteroatoms. The van der Waals surface area contributed by atoms with E-state index in [1.54, 1.807) is 0 Å². The van der Waals surface area contributed by atoms with Crippen LogP contribution in [0.5, 0.6) is 0 Å². The van der Waals surface area contributed by atoms with Gasteiger partial charge in [-0.3, -0.25) is 0 Å². The summed E-state index contributed by atoms with van der Waals surface area (Å²) in [6.45, 7) is 5.56. The first kappa shape index (κ1) is 7.13. The molecule has 0 spiro atoms. The van der Waals surface area contributed by atoms with Crippen molar-refractivity contribution in [2.75, 3.05) is 0 Å². The Labute approximate surface area is 61.7 Å². The summed E-state index contributed by atoms with van der Waals surface area (Å²) in [6.07, 6.45) is 7.82. The summed E-state index contributed by atoms with van der Waals surface area (Å²) in [6, 6.07) is 0. The van der Waals surface area contributed by atoms with Gasteiger partial charge >= 0.3 is 0 Å². The highest BCUT2D eigenvalue weighted by Crippen LogP contribution is 2.19. The molecule has 0 aliphatic heterocycles. The van der Waals surface area contributed by atoms with Crippen LogP contribution in [-0.2, 0) is 4.74 Å². The summed E-state index contributed by atoms with van der Waals surface area (Å²) in [5.74, 6) is 1.05. The summed E-state index contributed by atoms with van der Waals surface area (Å²) in [7, 11) is 0. The van der Waals surface area contributed by atoms with Gasteiger partial charge in [0.15, 0.2) is 0 Å². The van der Waals surface area contributed by atoms with Gasteiger partial charge in [-0.1, -0.05) is 18.7 Å². The highest BCUT2D eigenvalue weighted by molar-refractivity contribution is 5.24. The van der Waals surface area contributed by atoms with Gasteiger partial charge in [0.05, 0.1) is 6.26 Å². The lowest BCUT2D eigenvalue weighted by atomic mass is 10.1. The summed E-state index contributed by atoms with van der Waals surface area (Å²) in [5.41, 5.74) is 1.21. The van der Waals surface area contributed by atoms with Gasteiger partial charge in [0, 0.05) is 6.42 Å². The van der Waals surface area contributed by atoms with E-state index in [4.69, 9.17) is 4.74 Å². The molecule has 1 aliphatic carbocycles. The SMILES string of the molecule is C=COC1=C(C)C=CCC1. The molecule has 0 aromatic carbocycles. The van der Waals surface area contributed by atoms with E-state index in [1.165, 1.54) is 11.8 Å². The molecular formula is C9H12O. The second-order valence-corrected chi connectivity index (χ2v) is 2.33. The van der Waals surface area contributed by atoms with Crippen molar-refractivity contribution < 1.29 is 4.74 Å². The van der Waals surface area contributed by atoms with Gasteiger partial charge in [-0.25, -0.2) is 0 Å². The van der Waals surface area contributed by atoms with Gasteiger partial charge in [0.1, 0.15) is 5.76 Å². The fourth-order valence-electron chi connectivity index (χ4n) is 1.02. The second kappa shape index (κ2) is 3.25. The topological polar surface area (TPSA) is 9.23 Å². The van der Waals surface area contributed by atoms with E-state index in [0.717, 1.165) is 18.6 Å². The predicted octanol–water partition coefficient (Wildman–Crippen LogP) is 2.77. The molecule has 0 bridgehead atoms. The molecule has 0 N–H and O–H groups in total. The molecular weight excluding hydrogens is 124 g/mol. The molecule has 0 fully saturated rings. The zero-order valence-corrected chi connectivity index (χ0v) is 6.26.